The summed E-state index contributed by atoms with van der Waals surface area (Å²) in [5, 5.41) is 18.5. The number of benzene rings is 1. The van der Waals surface area contributed by atoms with Gasteiger partial charge in [-0.25, -0.2) is 0 Å². The number of hydrogen-bond acceptors (Lipinski definition) is 5. The molecule has 0 saturated carbocycles. The van der Waals surface area contributed by atoms with Crippen LogP contribution < -0.4 is 0 Å². The second kappa shape index (κ2) is 8.56. The van der Waals surface area contributed by atoms with Crippen molar-refractivity contribution in [3.8, 4) is 5.69 Å². The third-order valence-corrected chi connectivity index (χ3v) is 4.76. The Morgan fingerprint density at radius 1 is 1.24 bits per heavy atom. The molecule has 1 aromatic carbocycles. The number of hydrogen-bond donors (Lipinski definition) is 1. The Hall–Kier alpha value is -1.76. The van der Waals surface area contributed by atoms with Crippen LogP contribution in [0.3, 0.4) is 0 Å². The van der Waals surface area contributed by atoms with Gasteiger partial charge >= 0.3 is 0 Å². The molecule has 6 heteroatoms. The lowest BCUT2D eigenvalue weighted by atomic mass is 9.96. The first kappa shape index (κ1) is 18.0. The Balaban J connectivity index is 1.46. The lowest BCUT2D eigenvalue weighted by molar-refractivity contribution is 0.0918. The van der Waals surface area contributed by atoms with Crippen LogP contribution in [0.15, 0.2) is 36.5 Å². The van der Waals surface area contributed by atoms with E-state index in [0.29, 0.717) is 0 Å². The highest BCUT2D eigenvalue weighted by Crippen LogP contribution is 2.19. The molecule has 6 nitrogen and oxygen atoms in total. The number of aliphatic hydroxyl groups excluding tert-OH is 1. The summed E-state index contributed by atoms with van der Waals surface area (Å²) < 4.78 is 0. The van der Waals surface area contributed by atoms with Crippen LogP contribution in [0.4, 0.5) is 0 Å². The minimum Gasteiger partial charge on any atom is -0.392 e. The third-order valence-electron chi connectivity index (χ3n) is 4.76. The molecular weight excluding hydrogens is 314 g/mol. The molecule has 0 amide bonds. The van der Waals surface area contributed by atoms with E-state index in [4.69, 9.17) is 0 Å². The van der Waals surface area contributed by atoms with Gasteiger partial charge in [-0.05, 0) is 58.0 Å². The van der Waals surface area contributed by atoms with Crippen molar-refractivity contribution >= 4 is 0 Å². The Kier molecular flexibility index (Phi) is 6.18. The summed E-state index contributed by atoms with van der Waals surface area (Å²) in [4.78, 5) is 6.40. The monoisotopic (exact) mass is 343 g/mol. The SMILES string of the molecule is C[C@H](O)CN1CCC(CN(C)Cc2cnn(-c3ccccc3)n2)CC1. The summed E-state index contributed by atoms with van der Waals surface area (Å²) in [6, 6.07) is 10.0. The standard InChI is InChI=1S/C19H29N5O/c1-16(25)13-23-10-8-17(9-11-23)14-22(2)15-18-12-20-24(21-18)19-6-4-3-5-7-19/h3-7,12,16-17,25H,8-11,13-15H2,1-2H3/t16-/m0/s1. The van der Waals surface area contributed by atoms with Crippen molar-refractivity contribution < 1.29 is 5.11 Å². The highest BCUT2D eigenvalue weighted by molar-refractivity contribution is 5.28. The van der Waals surface area contributed by atoms with Gasteiger partial charge in [-0.1, -0.05) is 18.2 Å². The van der Waals surface area contributed by atoms with E-state index in [2.05, 4.69) is 27.0 Å². The first-order chi connectivity index (χ1) is 12.1. The summed E-state index contributed by atoms with van der Waals surface area (Å²) >= 11 is 0. The molecule has 2 aromatic rings. The van der Waals surface area contributed by atoms with Crippen molar-refractivity contribution in [1.82, 2.24) is 24.8 Å². The third kappa shape index (κ3) is 5.36. The van der Waals surface area contributed by atoms with E-state index >= 15 is 0 Å². The first-order valence-electron chi connectivity index (χ1n) is 9.16. The van der Waals surface area contributed by atoms with Crippen LogP contribution in [0.2, 0.25) is 0 Å². The minimum atomic E-state index is -0.230. The van der Waals surface area contributed by atoms with E-state index in [1.807, 2.05) is 43.5 Å². The van der Waals surface area contributed by atoms with Crippen LogP contribution in [-0.4, -0.2) is 69.2 Å². The zero-order chi connectivity index (χ0) is 17.6. The van der Waals surface area contributed by atoms with Gasteiger partial charge in [-0.2, -0.15) is 15.0 Å². The molecule has 0 unspecified atom stereocenters. The van der Waals surface area contributed by atoms with Gasteiger partial charge in [0.15, 0.2) is 0 Å². The van der Waals surface area contributed by atoms with Gasteiger partial charge in [-0.15, -0.1) is 0 Å². The van der Waals surface area contributed by atoms with Crippen LogP contribution in [0, 0.1) is 5.92 Å². The zero-order valence-corrected chi connectivity index (χ0v) is 15.3. The molecule has 1 N–H and O–H groups in total. The molecule has 1 aliphatic rings. The highest BCUT2D eigenvalue weighted by Gasteiger charge is 2.21. The maximum atomic E-state index is 9.50. The number of β-amino-alcohol motifs (C(OH)–C–C–N with tert-alkyl or cyclic N) is 1. The fraction of sp³-hybridized carbons (Fsp3) is 0.579. The van der Waals surface area contributed by atoms with Gasteiger partial charge in [0.25, 0.3) is 0 Å². The molecule has 1 aromatic heterocycles. The Morgan fingerprint density at radius 2 is 1.96 bits per heavy atom. The van der Waals surface area contributed by atoms with Crippen molar-refractivity contribution in [2.75, 3.05) is 33.2 Å². The lowest BCUT2D eigenvalue weighted by Crippen LogP contribution is -2.40. The Labute approximate surface area is 150 Å². The molecular formula is C19H29N5O. The van der Waals surface area contributed by atoms with Crippen molar-refractivity contribution in [3.63, 3.8) is 0 Å². The van der Waals surface area contributed by atoms with Gasteiger partial charge in [0.2, 0.25) is 0 Å². The number of rotatable bonds is 7. The Morgan fingerprint density at radius 3 is 2.64 bits per heavy atom. The van der Waals surface area contributed by atoms with Crippen molar-refractivity contribution in [2.24, 2.45) is 5.92 Å². The van der Waals surface area contributed by atoms with E-state index in [0.717, 1.165) is 50.0 Å². The average molecular weight is 343 g/mol. The summed E-state index contributed by atoms with van der Waals surface area (Å²) in [5.41, 5.74) is 1.99. The van der Waals surface area contributed by atoms with Gasteiger partial charge in [-0.3, -0.25) is 0 Å². The van der Waals surface area contributed by atoms with Crippen molar-refractivity contribution in [2.45, 2.75) is 32.4 Å². The lowest BCUT2D eigenvalue weighted by Gasteiger charge is -2.34. The molecule has 1 aliphatic heterocycles. The van der Waals surface area contributed by atoms with Crippen molar-refractivity contribution in [3.05, 3.63) is 42.2 Å². The van der Waals surface area contributed by atoms with E-state index in [-0.39, 0.29) is 6.10 Å². The molecule has 1 atom stereocenters. The van der Waals surface area contributed by atoms with Gasteiger partial charge in [0, 0.05) is 19.6 Å². The molecule has 0 aliphatic carbocycles. The smallest absolute Gasteiger partial charge is 0.0971 e. The van der Waals surface area contributed by atoms with Gasteiger partial charge < -0.3 is 14.9 Å². The second-order valence-corrected chi connectivity index (χ2v) is 7.25. The fourth-order valence-corrected chi connectivity index (χ4v) is 3.56. The molecule has 0 radical (unpaired) electrons. The van der Waals surface area contributed by atoms with E-state index < -0.39 is 0 Å². The molecule has 1 fully saturated rings. The van der Waals surface area contributed by atoms with Crippen LogP contribution >= 0.6 is 0 Å². The van der Waals surface area contributed by atoms with Crippen LogP contribution in [0.25, 0.3) is 5.69 Å². The maximum absolute atomic E-state index is 9.50. The van der Waals surface area contributed by atoms with Crippen LogP contribution in [-0.2, 0) is 6.54 Å². The predicted molar refractivity (Wildman–Crippen MR) is 98.5 cm³/mol. The van der Waals surface area contributed by atoms with Crippen molar-refractivity contribution in [1.29, 1.82) is 0 Å². The van der Waals surface area contributed by atoms with E-state index in [1.165, 1.54) is 12.8 Å². The number of aliphatic hydroxyl groups is 1. The number of piperidine rings is 1. The molecule has 136 valence electrons. The van der Waals surface area contributed by atoms with Gasteiger partial charge in [0.05, 0.1) is 23.7 Å². The first-order valence-corrected chi connectivity index (χ1v) is 9.16. The van der Waals surface area contributed by atoms with E-state index in [9.17, 15) is 5.11 Å². The molecule has 25 heavy (non-hydrogen) atoms. The summed E-state index contributed by atoms with van der Waals surface area (Å²) in [5.74, 6) is 0.722. The number of nitrogens with zero attached hydrogens (tertiary/aromatic N) is 5. The van der Waals surface area contributed by atoms with E-state index in [1.54, 1.807) is 4.80 Å². The molecule has 2 heterocycles. The molecule has 0 bridgehead atoms. The fourth-order valence-electron chi connectivity index (χ4n) is 3.56. The van der Waals surface area contributed by atoms with Gasteiger partial charge in [0.1, 0.15) is 0 Å². The summed E-state index contributed by atoms with van der Waals surface area (Å²) in [6.45, 7) is 6.75. The number of aromatic nitrogens is 3. The quantitative estimate of drug-likeness (QED) is 0.831. The normalized spacial score (nSPS) is 17.9. The van der Waals surface area contributed by atoms with Crippen LogP contribution in [0.5, 0.6) is 0 Å². The average Bonchev–Trinajstić information content (AvgIpc) is 3.05. The topological polar surface area (TPSA) is 57.4 Å². The van der Waals surface area contributed by atoms with Crippen LogP contribution in [0.1, 0.15) is 25.5 Å². The highest BCUT2D eigenvalue weighted by atomic mass is 16.3. The second-order valence-electron chi connectivity index (χ2n) is 7.25. The largest absolute Gasteiger partial charge is 0.392 e. The molecule has 0 spiro atoms. The molecule has 1 saturated heterocycles. The maximum Gasteiger partial charge on any atom is 0.0971 e. The summed E-state index contributed by atoms with van der Waals surface area (Å²) in [7, 11) is 2.16. The predicted octanol–water partition coefficient (Wildman–Crippen LogP) is 1.79. The summed E-state index contributed by atoms with van der Waals surface area (Å²) in [6.07, 6.45) is 4.03. The number of para-hydroxylation sites is 1. The minimum absolute atomic E-state index is 0.230. The number of likely N-dealkylation sites (tertiary alicyclic amines) is 1. The Bertz CT molecular complexity index is 634. The zero-order valence-electron chi connectivity index (χ0n) is 15.3. The molecule has 3 rings (SSSR count).